The molecular weight excluding hydrogens is 452 g/mol. The Labute approximate surface area is 171 Å². The molecule has 0 unspecified atom stereocenters. The Morgan fingerprint density at radius 1 is 1.18 bits per heavy atom. The molecular formula is C18H19BrN2O6S. The molecule has 8 nitrogen and oxygen atoms in total. The van der Waals surface area contributed by atoms with Gasteiger partial charge in [0, 0.05) is 23.6 Å². The number of rotatable bonds is 7. The van der Waals surface area contributed by atoms with Gasteiger partial charge in [0.1, 0.15) is 5.75 Å². The van der Waals surface area contributed by atoms with Crippen LogP contribution in [0.5, 0.6) is 5.75 Å². The summed E-state index contributed by atoms with van der Waals surface area (Å²) in [6, 6.07) is 11.0. The Hall–Kier alpha value is -2.43. The number of sulfonamides is 1. The van der Waals surface area contributed by atoms with Crippen molar-refractivity contribution in [3.8, 4) is 5.75 Å². The van der Waals surface area contributed by atoms with E-state index in [2.05, 4.69) is 15.9 Å². The number of para-hydroxylation sites is 1. The fourth-order valence-electron chi connectivity index (χ4n) is 2.33. The number of hydrogen-bond donors (Lipinski definition) is 1. The SMILES string of the molecule is COc1ccccc1CN(C)C(=O)COC(=O)c1cc(S(N)(=O)=O)ccc1Br. The number of nitrogens with two attached hydrogens (primary N) is 1. The van der Waals surface area contributed by atoms with E-state index in [4.69, 9.17) is 14.6 Å². The Morgan fingerprint density at radius 3 is 2.50 bits per heavy atom. The van der Waals surface area contributed by atoms with Crippen LogP contribution in [0.15, 0.2) is 51.8 Å². The van der Waals surface area contributed by atoms with Crippen LogP contribution in [-0.4, -0.2) is 46.0 Å². The number of benzene rings is 2. The Kier molecular flexibility index (Phi) is 7.17. The minimum atomic E-state index is -3.98. The summed E-state index contributed by atoms with van der Waals surface area (Å²) < 4.78 is 33.5. The van der Waals surface area contributed by atoms with E-state index in [-0.39, 0.29) is 17.0 Å². The minimum Gasteiger partial charge on any atom is -0.496 e. The molecule has 0 radical (unpaired) electrons. The quantitative estimate of drug-likeness (QED) is 0.617. The van der Waals surface area contributed by atoms with Gasteiger partial charge in [0.15, 0.2) is 6.61 Å². The van der Waals surface area contributed by atoms with E-state index in [0.29, 0.717) is 10.2 Å². The van der Waals surface area contributed by atoms with Gasteiger partial charge >= 0.3 is 5.97 Å². The lowest BCUT2D eigenvalue weighted by Gasteiger charge is -2.19. The number of esters is 1. The number of amides is 1. The third-order valence-corrected chi connectivity index (χ3v) is 5.44. The largest absolute Gasteiger partial charge is 0.496 e. The fraction of sp³-hybridized carbons (Fsp3) is 0.222. The number of methoxy groups -OCH3 is 1. The highest BCUT2D eigenvalue weighted by molar-refractivity contribution is 9.10. The summed E-state index contributed by atoms with van der Waals surface area (Å²) in [6.45, 7) is -0.235. The summed E-state index contributed by atoms with van der Waals surface area (Å²) in [5.41, 5.74) is 0.752. The molecule has 0 fully saturated rings. The molecule has 0 spiro atoms. The van der Waals surface area contributed by atoms with Gasteiger partial charge in [0.25, 0.3) is 5.91 Å². The highest BCUT2D eigenvalue weighted by Crippen LogP contribution is 2.22. The summed E-state index contributed by atoms with van der Waals surface area (Å²) in [5.74, 6) is -0.641. The highest BCUT2D eigenvalue weighted by atomic mass is 79.9. The zero-order chi connectivity index (χ0) is 20.9. The van der Waals surface area contributed by atoms with Crippen molar-refractivity contribution >= 4 is 37.8 Å². The maximum absolute atomic E-state index is 12.3. The zero-order valence-corrected chi connectivity index (χ0v) is 17.6. The van der Waals surface area contributed by atoms with Crippen molar-refractivity contribution in [1.82, 2.24) is 4.90 Å². The van der Waals surface area contributed by atoms with Crippen molar-refractivity contribution < 1.29 is 27.5 Å². The average molecular weight is 471 g/mol. The van der Waals surface area contributed by atoms with Crippen LogP contribution in [0, 0.1) is 0 Å². The summed E-state index contributed by atoms with van der Waals surface area (Å²) in [5, 5.41) is 5.07. The number of primary sulfonamides is 1. The molecule has 1 amide bonds. The van der Waals surface area contributed by atoms with Crippen molar-refractivity contribution in [2.24, 2.45) is 5.14 Å². The van der Waals surface area contributed by atoms with Gasteiger partial charge in [-0.1, -0.05) is 18.2 Å². The second kappa shape index (κ2) is 9.18. The van der Waals surface area contributed by atoms with Crippen molar-refractivity contribution in [3.63, 3.8) is 0 Å². The molecule has 2 aromatic rings. The molecule has 0 aliphatic rings. The first kappa shape index (κ1) is 21.9. The van der Waals surface area contributed by atoms with E-state index >= 15 is 0 Å². The lowest BCUT2D eigenvalue weighted by Crippen LogP contribution is -2.31. The molecule has 2 rings (SSSR count). The standard InChI is InChI=1S/C18H19BrN2O6S/c1-21(10-12-5-3-4-6-16(12)26-2)17(22)11-27-18(23)14-9-13(28(20,24)25)7-8-15(14)19/h3-9H,10-11H2,1-2H3,(H2,20,24,25). The second-order valence-electron chi connectivity index (χ2n) is 5.82. The molecule has 2 aromatic carbocycles. The van der Waals surface area contributed by atoms with Gasteiger partial charge in [-0.2, -0.15) is 0 Å². The van der Waals surface area contributed by atoms with Gasteiger partial charge in [-0.25, -0.2) is 18.4 Å². The molecule has 0 saturated carbocycles. The molecule has 2 N–H and O–H groups in total. The molecule has 28 heavy (non-hydrogen) atoms. The molecule has 0 atom stereocenters. The number of halogens is 1. The number of ether oxygens (including phenoxy) is 2. The predicted molar refractivity (Wildman–Crippen MR) is 105 cm³/mol. The number of nitrogens with zero attached hydrogens (tertiary/aromatic N) is 1. The van der Waals surface area contributed by atoms with Crippen LogP contribution >= 0.6 is 15.9 Å². The van der Waals surface area contributed by atoms with Gasteiger partial charge in [-0.15, -0.1) is 0 Å². The molecule has 0 aromatic heterocycles. The van der Waals surface area contributed by atoms with Crippen LogP contribution in [-0.2, 0) is 26.1 Å². The number of hydrogen-bond acceptors (Lipinski definition) is 6. The highest BCUT2D eigenvalue weighted by Gasteiger charge is 2.19. The average Bonchev–Trinajstić information content (AvgIpc) is 2.65. The van der Waals surface area contributed by atoms with Crippen LogP contribution in [0.2, 0.25) is 0 Å². The maximum atomic E-state index is 12.3. The van der Waals surface area contributed by atoms with E-state index in [1.54, 1.807) is 13.1 Å². The molecule has 0 aliphatic carbocycles. The van der Waals surface area contributed by atoms with Gasteiger partial charge in [0.2, 0.25) is 10.0 Å². The monoisotopic (exact) mass is 470 g/mol. The van der Waals surface area contributed by atoms with E-state index in [9.17, 15) is 18.0 Å². The van der Waals surface area contributed by atoms with Crippen molar-refractivity contribution in [2.75, 3.05) is 20.8 Å². The smallest absolute Gasteiger partial charge is 0.339 e. The van der Waals surface area contributed by atoms with E-state index in [0.717, 1.165) is 11.6 Å². The fourth-order valence-corrected chi connectivity index (χ4v) is 3.28. The third-order valence-electron chi connectivity index (χ3n) is 3.84. The van der Waals surface area contributed by atoms with E-state index in [1.807, 2.05) is 18.2 Å². The number of carbonyl (C=O) groups excluding carboxylic acids is 2. The van der Waals surface area contributed by atoms with Crippen molar-refractivity contribution in [3.05, 3.63) is 58.1 Å². The van der Waals surface area contributed by atoms with Crippen LogP contribution in [0.1, 0.15) is 15.9 Å². The van der Waals surface area contributed by atoms with Crippen molar-refractivity contribution in [1.29, 1.82) is 0 Å². The maximum Gasteiger partial charge on any atom is 0.339 e. The third kappa shape index (κ3) is 5.54. The molecule has 150 valence electrons. The van der Waals surface area contributed by atoms with E-state index in [1.165, 1.54) is 24.1 Å². The Morgan fingerprint density at radius 2 is 1.86 bits per heavy atom. The molecule has 0 heterocycles. The molecule has 10 heteroatoms. The minimum absolute atomic E-state index is 0.0493. The molecule has 0 aliphatic heterocycles. The van der Waals surface area contributed by atoms with Crippen LogP contribution in [0.3, 0.4) is 0 Å². The first-order chi connectivity index (χ1) is 13.1. The van der Waals surface area contributed by atoms with Crippen LogP contribution in [0.4, 0.5) is 0 Å². The predicted octanol–water partition coefficient (Wildman–Crippen LogP) is 1.92. The molecule has 0 bridgehead atoms. The summed E-state index contributed by atoms with van der Waals surface area (Å²) in [6.07, 6.45) is 0. The Balaban J connectivity index is 2.03. The zero-order valence-electron chi connectivity index (χ0n) is 15.2. The van der Waals surface area contributed by atoms with Gasteiger partial charge in [-0.05, 0) is 40.2 Å². The summed E-state index contributed by atoms with van der Waals surface area (Å²) in [4.78, 5) is 25.7. The van der Waals surface area contributed by atoms with Gasteiger partial charge in [-0.3, -0.25) is 4.79 Å². The first-order valence-corrected chi connectivity index (χ1v) is 10.3. The topological polar surface area (TPSA) is 116 Å². The summed E-state index contributed by atoms with van der Waals surface area (Å²) in [7, 11) is -0.870. The Bertz CT molecular complexity index is 993. The van der Waals surface area contributed by atoms with Crippen LogP contribution in [0.25, 0.3) is 0 Å². The van der Waals surface area contributed by atoms with E-state index < -0.39 is 28.5 Å². The summed E-state index contributed by atoms with van der Waals surface area (Å²) >= 11 is 3.15. The second-order valence-corrected chi connectivity index (χ2v) is 8.24. The molecule has 0 saturated heterocycles. The number of carbonyl (C=O) groups is 2. The lowest BCUT2D eigenvalue weighted by atomic mass is 10.2. The van der Waals surface area contributed by atoms with Crippen molar-refractivity contribution in [2.45, 2.75) is 11.4 Å². The number of likely N-dealkylation sites (N-methyl/N-ethyl adjacent to an activating group) is 1. The first-order valence-electron chi connectivity index (χ1n) is 7.99. The van der Waals surface area contributed by atoms with Gasteiger partial charge < -0.3 is 14.4 Å². The van der Waals surface area contributed by atoms with Gasteiger partial charge in [0.05, 0.1) is 17.6 Å². The normalized spacial score (nSPS) is 11.0. The van der Waals surface area contributed by atoms with Crippen LogP contribution < -0.4 is 9.88 Å². The lowest BCUT2D eigenvalue weighted by molar-refractivity contribution is -0.133.